The van der Waals surface area contributed by atoms with E-state index in [1.54, 1.807) is 19.1 Å². The smallest absolute Gasteiger partial charge is 0.317 e. The molecule has 0 unspecified atom stereocenters. The van der Waals surface area contributed by atoms with Crippen LogP contribution >= 0.6 is 35.4 Å². The number of carbonyl (C=O) groups excluding carboxylic acids is 1. The molecule has 2 aliphatic rings. The summed E-state index contributed by atoms with van der Waals surface area (Å²) in [5, 5.41) is 4.58. The maximum atomic E-state index is 13.1. The molecular formula is C21H20Cl2N2O3S. The van der Waals surface area contributed by atoms with Gasteiger partial charge in [0.15, 0.2) is 5.11 Å². The van der Waals surface area contributed by atoms with Gasteiger partial charge in [-0.3, -0.25) is 9.69 Å². The van der Waals surface area contributed by atoms with Gasteiger partial charge in [0.2, 0.25) is 5.72 Å². The highest BCUT2D eigenvalue weighted by atomic mass is 35.5. The molecule has 0 saturated carbocycles. The largest absolute Gasteiger partial charge is 0.466 e. The van der Waals surface area contributed by atoms with Crippen LogP contribution in [0.25, 0.3) is 0 Å². The van der Waals surface area contributed by atoms with Crippen molar-refractivity contribution in [2.24, 2.45) is 5.92 Å². The molecule has 0 aromatic heterocycles. The van der Waals surface area contributed by atoms with E-state index in [4.69, 9.17) is 44.9 Å². The lowest BCUT2D eigenvalue weighted by atomic mass is 9.79. The van der Waals surface area contributed by atoms with Crippen molar-refractivity contribution in [1.82, 2.24) is 5.32 Å². The molecule has 3 atom stereocenters. The fourth-order valence-corrected chi connectivity index (χ4v) is 5.04. The molecule has 1 N–H and O–H groups in total. The second-order valence-corrected chi connectivity index (χ2v) is 8.52. The van der Waals surface area contributed by atoms with Gasteiger partial charge in [-0.15, -0.1) is 0 Å². The average molecular weight is 451 g/mol. The highest BCUT2D eigenvalue weighted by Crippen LogP contribution is 2.52. The monoisotopic (exact) mass is 450 g/mol. The Bertz CT molecular complexity index is 998. The van der Waals surface area contributed by atoms with Crippen molar-refractivity contribution in [3.63, 3.8) is 0 Å². The fraction of sp³-hybridized carbons (Fsp3) is 0.333. The molecule has 1 fully saturated rings. The first kappa shape index (κ1) is 20.3. The topological polar surface area (TPSA) is 50.8 Å². The van der Waals surface area contributed by atoms with Gasteiger partial charge in [0.05, 0.1) is 17.7 Å². The van der Waals surface area contributed by atoms with E-state index in [1.807, 2.05) is 43.0 Å². The molecule has 2 aliphatic heterocycles. The number of nitrogens with zero attached hydrogens (tertiary/aromatic N) is 1. The quantitative estimate of drug-likeness (QED) is 0.522. The van der Waals surface area contributed by atoms with Crippen molar-refractivity contribution in [2.45, 2.75) is 32.5 Å². The van der Waals surface area contributed by atoms with Gasteiger partial charge in [0, 0.05) is 16.3 Å². The summed E-state index contributed by atoms with van der Waals surface area (Å²) < 4.78 is 11.8. The van der Waals surface area contributed by atoms with Crippen LogP contribution in [0.2, 0.25) is 10.0 Å². The van der Waals surface area contributed by atoms with Crippen LogP contribution in [0.4, 0.5) is 5.69 Å². The highest BCUT2D eigenvalue weighted by molar-refractivity contribution is 7.80. The predicted octanol–water partition coefficient (Wildman–Crippen LogP) is 5.03. The third-order valence-electron chi connectivity index (χ3n) is 5.35. The minimum atomic E-state index is -1.14. The van der Waals surface area contributed by atoms with Crippen LogP contribution in [0, 0.1) is 12.8 Å². The number of halogens is 2. The van der Waals surface area contributed by atoms with Gasteiger partial charge in [0.1, 0.15) is 11.7 Å². The lowest BCUT2D eigenvalue weighted by molar-refractivity contribution is -0.159. The first-order valence-corrected chi connectivity index (χ1v) is 10.4. The summed E-state index contributed by atoms with van der Waals surface area (Å²) in [6, 6.07) is 10.7. The molecule has 0 aliphatic carbocycles. The van der Waals surface area contributed by atoms with Crippen LogP contribution in [-0.2, 0) is 9.53 Å². The van der Waals surface area contributed by atoms with Gasteiger partial charge in [-0.05, 0) is 57.3 Å². The minimum absolute atomic E-state index is 0.260. The molecule has 2 heterocycles. The van der Waals surface area contributed by atoms with Crippen LogP contribution in [0.1, 0.15) is 31.0 Å². The number of ether oxygens (including phenoxy) is 2. The summed E-state index contributed by atoms with van der Waals surface area (Å²) in [6.07, 6.45) is 0. The maximum Gasteiger partial charge on any atom is 0.317 e. The molecular weight excluding hydrogens is 431 g/mol. The van der Waals surface area contributed by atoms with Crippen molar-refractivity contribution in [2.75, 3.05) is 11.5 Å². The second kappa shape index (κ2) is 7.35. The maximum absolute atomic E-state index is 13.1. The van der Waals surface area contributed by atoms with Gasteiger partial charge < -0.3 is 14.8 Å². The first-order valence-electron chi connectivity index (χ1n) is 9.28. The summed E-state index contributed by atoms with van der Waals surface area (Å²) in [7, 11) is 0. The van der Waals surface area contributed by atoms with Crippen LogP contribution in [-0.4, -0.2) is 23.4 Å². The molecule has 4 rings (SSSR count). The number of esters is 1. The third kappa shape index (κ3) is 3.23. The zero-order valence-corrected chi connectivity index (χ0v) is 18.5. The normalized spacial score (nSPS) is 25.0. The molecule has 2 bridgehead atoms. The molecule has 0 radical (unpaired) electrons. The lowest BCUT2D eigenvalue weighted by Crippen LogP contribution is -2.71. The molecule has 1 saturated heterocycles. The van der Waals surface area contributed by atoms with Gasteiger partial charge in [-0.25, -0.2) is 0 Å². The number of benzene rings is 2. The summed E-state index contributed by atoms with van der Waals surface area (Å²) in [5.74, 6) is -0.595. The fourth-order valence-electron chi connectivity index (χ4n) is 4.08. The molecule has 2 aromatic rings. The Morgan fingerprint density at radius 2 is 2.00 bits per heavy atom. The molecule has 0 amide bonds. The molecule has 152 valence electrons. The van der Waals surface area contributed by atoms with Crippen LogP contribution in [0.5, 0.6) is 5.75 Å². The highest BCUT2D eigenvalue weighted by Gasteiger charge is 2.60. The third-order valence-corrected chi connectivity index (χ3v) is 6.15. The number of hydrogen-bond acceptors (Lipinski definition) is 4. The van der Waals surface area contributed by atoms with Gasteiger partial charge in [0.25, 0.3) is 0 Å². The van der Waals surface area contributed by atoms with E-state index in [1.165, 1.54) is 0 Å². The Morgan fingerprint density at radius 3 is 2.66 bits per heavy atom. The van der Waals surface area contributed by atoms with E-state index < -0.39 is 17.7 Å². The predicted molar refractivity (Wildman–Crippen MR) is 118 cm³/mol. The zero-order valence-electron chi connectivity index (χ0n) is 16.2. The Kier molecular flexibility index (Phi) is 5.13. The van der Waals surface area contributed by atoms with E-state index in [0.29, 0.717) is 26.5 Å². The van der Waals surface area contributed by atoms with Crippen LogP contribution < -0.4 is 15.0 Å². The molecule has 2 aromatic carbocycles. The SMILES string of the molecule is CCOC(=O)[C@H]1[C@@H]2NC(=S)N(c3ccc(C)cc3)[C@@]1(C)Oc1c(Cl)cc(Cl)cc12. The van der Waals surface area contributed by atoms with E-state index in [2.05, 4.69) is 5.32 Å². The number of aryl methyl sites for hydroxylation is 1. The Morgan fingerprint density at radius 1 is 1.31 bits per heavy atom. The number of nitrogens with one attached hydrogen (secondary N) is 1. The van der Waals surface area contributed by atoms with E-state index in [-0.39, 0.29) is 12.6 Å². The number of fused-ring (bicyclic) bond motifs is 4. The van der Waals surface area contributed by atoms with Gasteiger partial charge >= 0.3 is 5.97 Å². The van der Waals surface area contributed by atoms with Crippen LogP contribution in [0.3, 0.4) is 0 Å². The lowest BCUT2D eigenvalue weighted by Gasteiger charge is -2.55. The second-order valence-electron chi connectivity index (χ2n) is 7.29. The number of rotatable bonds is 3. The van der Waals surface area contributed by atoms with E-state index in [9.17, 15) is 4.79 Å². The number of hydrogen-bond donors (Lipinski definition) is 1. The number of thiocarbonyl (C=S) groups is 1. The molecule has 8 heteroatoms. The molecule has 5 nitrogen and oxygen atoms in total. The summed E-state index contributed by atoms with van der Waals surface area (Å²) in [6.45, 7) is 5.88. The first-order chi connectivity index (χ1) is 13.8. The number of carbonyl (C=O) groups is 1. The van der Waals surface area contributed by atoms with Crippen LogP contribution in [0.15, 0.2) is 36.4 Å². The van der Waals surface area contributed by atoms with Crippen molar-refractivity contribution < 1.29 is 14.3 Å². The Balaban J connectivity index is 1.92. The zero-order chi connectivity index (χ0) is 20.9. The minimum Gasteiger partial charge on any atom is -0.466 e. The average Bonchev–Trinajstić information content (AvgIpc) is 2.64. The van der Waals surface area contributed by atoms with E-state index in [0.717, 1.165) is 11.3 Å². The Labute approximate surface area is 184 Å². The van der Waals surface area contributed by atoms with Gasteiger partial charge in [-0.2, -0.15) is 0 Å². The summed E-state index contributed by atoms with van der Waals surface area (Å²) in [5.41, 5.74) is 1.46. The van der Waals surface area contributed by atoms with Crippen molar-refractivity contribution in [3.05, 3.63) is 57.6 Å². The van der Waals surface area contributed by atoms with Crippen molar-refractivity contribution in [3.8, 4) is 5.75 Å². The summed E-state index contributed by atoms with van der Waals surface area (Å²) in [4.78, 5) is 14.9. The van der Waals surface area contributed by atoms with Crippen molar-refractivity contribution >= 4 is 52.2 Å². The van der Waals surface area contributed by atoms with Gasteiger partial charge in [-0.1, -0.05) is 40.9 Å². The number of anilines is 1. The molecule has 0 spiro atoms. The Hall–Kier alpha value is -2.02. The van der Waals surface area contributed by atoms with E-state index >= 15 is 0 Å². The molecule has 29 heavy (non-hydrogen) atoms. The van der Waals surface area contributed by atoms with Crippen molar-refractivity contribution in [1.29, 1.82) is 0 Å². The standard InChI is InChI=1S/C21H20Cl2N2O3S/c1-4-27-19(26)16-17-14-9-12(22)10-15(23)18(14)28-21(16,3)25(20(29)24-17)13-7-5-11(2)6-8-13/h5-10,16-17H,4H2,1-3H3,(H,24,29)/t16-,17-,21+/m1/s1. The summed E-state index contributed by atoms with van der Waals surface area (Å²) >= 11 is 18.4.